The van der Waals surface area contributed by atoms with E-state index in [0.717, 1.165) is 5.56 Å². The highest BCUT2D eigenvalue weighted by Crippen LogP contribution is 2.19. The lowest BCUT2D eigenvalue weighted by molar-refractivity contribution is 0.102. The molecule has 2 heterocycles. The molecule has 0 aliphatic carbocycles. The molecule has 0 bridgehead atoms. The van der Waals surface area contributed by atoms with E-state index in [0.29, 0.717) is 22.8 Å². The van der Waals surface area contributed by atoms with Gasteiger partial charge in [-0.25, -0.2) is 4.98 Å². The fourth-order valence-electron chi connectivity index (χ4n) is 2.13. The van der Waals surface area contributed by atoms with Crippen LogP contribution in [0.3, 0.4) is 0 Å². The third-order valence-corrected chi connectivity index (χ3v) is 3.23. The van der Waals surface area contributed by atoms with Gasteiger partial charge in [-0.05, 0) is 31.2 Å². The van der Waals surface area contributed by atoms with Crippen molar-refractivity contribution in [1.29, 1.82) is 0 Å². The minimum atomic E-state index is -0.184. The van der Waals surface area contributed by atoms with E-state index in [1.165, 1.54) is 0 Å². The zero-order valence-corrected chi connectivity index (χ0v) is 12.3. The van der Waals surface area contributed by atoms with Crippen molar-refractivity contribution in [3.63, 3.8) is 0 Å². The normalized spacial score (nSPS) is 10.5. The van der Waals surface area contributed by atoms with Gasteiger partial charge in [-0.3, -0.25) is 14.5 Å². The monoisotopic (exact) mass is 293 g/mol. The van der Waals surface area contributed by atoms with Crippen LogP contribution in [0.15, 0.2) is 48.9 Å². The van der Waals surface area contributed by atoms with Crippen molar-refractivity contribution in [1.82, 2.24) is 19.7 Å². The predicted molar refractivity (Wildman–Crippen MR) is 83.4 cm³/mol. The first-order valence-corrected chi connectivity index (χ1v) is 6.82. The van der Waals surface area contributed by atoms with Gasteiger partial charge in [-0.1, -0.05) is 12.1 Å². The van der Waals surface area contributed by atoms with Crippen LogP contribution in [0.4, 0.5) is 5.69 Å². The van der Waals surface area contributed by atoms with Gasteiger partial charge in [0.25, 0.3) is 5.91 Å². The number of nitrogens with zero attached hydrogens (tertiary/aromatic N) is 4. The van der Waals surface area contributed by atoms with Gasteiger partial charge in [0.1, 0.15) is 6.33 Å². The quantitative estimate of drug-likeness (QED) is 0.805. The maximum atomic E-state index is 12.3. The zero-order valence-electron chi connectivity index (χ0n) is 12.3. The van der Waals surface area contributed by atoms with Crippen molar-refractivity contribution in [2.24, 2.45) is 7.05 Å². The van der Waals surface area contributed by atoms with E-state index in [1.54, 1.807) is 29.3 Å². The number of amides is 1. The summed E-state index contributed by atoms with van der Waals surface area (Å²) in [7, 11) is 1.81. The molecule has 1 aromatic carbocycles. The summed E-state index contributed by atoms with van der Waals surface area (Å²) in [5, 5.41) is 7.13. The Morgan fingerprint density at radius 1 is 1.18 bits per heavy atom. The molecule has 0 fully saturated rings. The lowest BCUT2D eigenvalue weighted by Crippen LogP contribution is -2.13. The third-order valence-electron chi connectivity index (χ3n) is 3.23. The van der Waals surface area contributed by atoms with Crippen molar-refractivity contribution in [3.8, 4) is 11.4 Å². The summed E-state index contributed by atoms with van der Waals surface area (Å²) >= 11 is 0. The van der Waals surface area contributed by atoms with Gasteiger partial charge in [0.2, 0.25) is 0 Å². The van der Waals surface area contributed by atoms with E-state index >= 15 is 0 Å². The molecule has 0 aliphatic rings. The number of carbonyl (C=O) groups is 1. The molecule has 0 spiro atoms. The Hall–Kier alpha value is -3.02. The van der Waals surface area contributed by atoms with Crippen molar-refractivity contribution in [3.05, 3.63) is 60.2 Å². The molecular formula is C16H15N5O. The maximum Gasteiger partial charge on any atom is 0.257 e. The zero-order chi connectivity index (χ0) is 15.5. The van der Waals surface area contributed by atoms with E-state index < -0.39 is 0 Å². The van der Waals surface area contributed by atoms with Gasteiger partial charge in [0, 0.05) is 30.2 Å². The summed E-state index contributed by atoms with van der Waals surface area (Å²) < 4.78 is 1.64. The number of hydrogen-bond acceptors (Lipinski definition) is 4. The van der Waals surface area contributed by atoms with Crippen LogP contribution in [0, 0.1) is 6.92 Å². The van der Waals surface area contributed by atoms with Crippen LogP contribution >= 0.6 is 0 Å². The maximum absolute atomic E-state index is 12.3. The molecule has 0 saturated carbocycles. The second kappa shape index (κ2) is 5.77. The van der Waals surface area contributed by atoms with E-state index in [1.807, 2.05) is 38.2 Å². The van der Waals surface area contributed by atoms with E-state index in [-0.39, 0.29) is 5.91 Å². The Balaban J connectivity index is 1.84. The first-order valence-electron chi connectivity index (χ1n) is 6.82. The van der Waals surface area contributed by atoms with Gasteiger partial charge in [-0.2, -0.15) is 5.10 Å². The summed E-state index contributed by atoms with van der Waals surface area (Å²) in [6, 6.07) is 10.9. The predicted octanol–water partition coefficient (Wildman–Crippen LogP) is 2.44. The van der Waals surface area contributed by atoms with Crippen LogP contribution in [0.25, 0.3) is 11.4 Å². The number of anilines is 1. The average Bonchev–Trinajstić information content (AvgIpc) is 2.94. The summed E-state index contributed by atoms with van der Waals surface area (Å²) in [5.74, 6) is 0.438. The number of nitrogens with one attached hydrogen (secondary N) is 1. The van der Waals surface area contributed by atoms with Crippen molar-refractivity contribution in [2.75, 3.05) is 5.32 Å². The lowest BCUT2D eigenvalue weighted by Gasteiger charge is -2.07. The molecule has 0 radical (unpaired) electrons. The average molecular weight is 293 g/mol. The Bertz CT molecular complexity index is 825. The van der Waals surface area contributed by atoms with Gasteiger partial charge < -0.3 is 5.32 Å². The second-order valence-electron chi connectivity index (χ2n) is 4.91. The molecule has 0 unspecified atom stereocenters. The van der Waals surface area contributed by atoms with Crippen LogP contribution in [0.1, 0.15) is 16.1 Å². The molecule has 2 aromatic heterocycles. The van der Waals surface area contributed by atoms with E-state index in [4.69, 9.17) is 0 Å². The molecule has 1 amide bonds. The van der Waals surface area contributed by atoms with Crippen LogP contribution in [-0.2, 0) is 7.05 Å². The molecule has 0 aliphatic heterocycles. The highest BCUT2D eigenvalue weighted by molar-refractivity contribution is 6.05. The lowest BCUT2D eigenvalue weighted by atomic mass is 10.1. The fourth-order valence-corrected chi connectivity index (χ4v) is 2.13. The van der Waals surface area contributed by atoms with Crippen LogP contribution in [0.2, 0.25) is 0 Å². The van der Waals surface area contributed by atoms with Crippen LogP contribution in [-0.4, -0.2) is 25.7 Å². The minimum absolute atomic E-state index is 0.184. The molecular weight excluding hydrogens is 278 g/mol. The van der Waals surface area contributed by atoms with Gasteiger partial charge >= 0.3 is 0 Å². The van der Waals surface area contributed by atoms with Crippen molar-refractivity contribution < 1.29 is 4.79 Å². The standard InChI is InChI=1S/C16H15N5O/c1-11-14(7-4-8-17-11)16(22)19-13-6-3-5-12(9-13)15-18-10-21(2)20-15/h3-10H,1-2H3,(H,19,22). The first kappa shape index (κ1) is 13.9. The van der Waals surface area contributed by atoms with Crippen molar-refractivity contribution >= 4 is 11.6 Å². The second-order valence-corrected chi connectivity index (χ2v) is 4.91. The Morgan fingerprint density at radius 3 is 2.77 bits per heavy atom. The number of pyridine rings is 1. The summed E-state index contributed by atoms with van der Waals surface area (Å²) in [5.41, 5.74) is 2.80. The number of hydrogen-bond donors (Lipinski definition) is 1. The Morgan fingerprint density at radius 2 is 2.05 bits per heavy atom. The van der Waals surface area contributed by atoms with Crippen LogP contribution < -0.4 is 5.32 Å². The molecule has 22 heavy (non-hydrogen) atoms. The number of carbonyl (C=O) groups excluding carboxylic acids is 1. The highest BCUT2D eigenvalue weighted by atomic mass is 16.1. The van der Waals surface area contributed by atoms with Crippen molar-refractivity contribution in [2.45, 2.75) is 6.92 Å². The summed E-state index contributed by atoms with van der Waals surface area (Å²) in [6.07, 6.45) is 3.30. The molecule has 0 atom stereocenters. The molecule has 1 N–H and O–H groups in total. The highest BCUT2D eigenvalue weighted by Gasteiger charge is 2.10. The number of rotatable bonds is 3. The molecule has 0 saturated heterocycles. The van der Waals surface area contributed by atoms with E-state index in [2.05, 4.69) is 20.4 Å². The van der Waals surface area contributed by atoms with Gasteiger partial charge in [0.05, 0.1) is 5.56 Å². The molecule has 110 valence electrons. The largest absolute Gasteiger partial charge is 0.322 e. The number of aromatic nitrogens is 4. The number of benzene rings is 1. The Kier molecular flexibility index (Phi) is 3.65. The molecule has 3 aromatic rings. The summed E-state index contributed by atoms with van der Waals surface area (Å²) in [4.78, 5) is 20.6. The SMILES string of the molecule is Cc1ncccc1C(=O)Nc1cccc(-c2ncn(C)n2)c1. The third kappa shape index (κ3) is 2.85. The van der Waals surface area contributed by atoms with E-state index in [9.17, 15) is 4.79 Å². The smallest absolute Gasteiger partial charge is 0.257 e. The molecule has 6 heteroatoms. The van der Waals surface area contributed by atoms with Gasteiger partial charge in [-0.15, -0.1) is 0 Å². The Labute approximate surface area is 127 Å². The van der Waals surface area contributed by atoms with Crippen LogP contribution in [0.5, 0.6) is 0 Å². The van der Waals surface area contributed by atoms with Gasteiger partial charge in [0.15, 0.2) is 5.82 Å². The first-order chi connectivity index (χ1) is 10.6. The summed E-state index contributed by atoms with van der Waals surface area (Å²) in [6.45, 7) is 1.81. The number of aryl methyl sites for hydroxylation is 2. The molecule has 6 nitrogen and oxygen atoms in total. The topological polar surface area (TPSA) is 72.7 Å². The minimum Gasteiger partial charge on any atom is -0.322 e. The molecule has 3 rings (SSSR count). The fraction of sp³-hybridized carbons (Fsp3) is 0.125.